The maximum atomic E-state index is 6.25. The van der Waals surface area contributed by atoms with Gasteiger partial charge in [0, 0.05) is 13.3 Å². The monoisotopic (exact) mass is 309 g/mol. The van der Waals surface area contributed by atoms with E-state index in [-0.39, 0.29) is 11.2 Å². The number of ether oxygens (including phenoxy) is 1. The molecule has 1 saturated heterocycles. The quantitative estimate of drug-likeness (QED) is 0.634. The molecule has 0 spiro atoms. The van der Waals surface area contributed by atoms with Crippen LogP contribution in [0.15, 0.2) is 23.2 Å². The molecular weight excluding hydrogens is 288 g/mol. The molecule has 1 fully saturated rings. The lowest BCUT2D eigenvalue weighted by Crippen LogP contribution is -2.41. The van der Waals surface area contributed by atoms with E-state index in [1.54, 1.807) is 13.3 Å². The SMILES string of the molecule is CN=CCOc1ccc(B2OC(C)(C)C(C)(C)O2)cc1Cl. The second-order valence-electron chi connectivity index (χ2n) is 6.03. The molecular formula is C15H21BClNO3. The van der Waals surface area contributed by atoms with Gasteiger partial charge in [0.05, 0.1) is 16.2 Å². The maximum absolute atomic E-state index is 6.25. The van der Waals surface area contributed by atoms with Gasteiger partial charge in [0.1, 0.15) is 12.4 Å². The second-order valence-corrected chi connectivity index (χ2v) is 6.44. The van der Waals surface area contributed by atoms with Crippen molar-refractivity contribution in [1.82, 2.24) is 0 Å². The number of halogens is 1. The molecule has 0 aromatic heterocycles. The molecule has 0 saturated carbocycles. The lowest BCUT2D eigenvalue weighted by Gasteiger charge is -2.32. The molecule has 0 unspecified atom stereocenters. The molecule has 1 aromatic carbocycles. The molecule has 1 aliphatic rings. The molecule has 0 bridgehead atoms. The Bertz CT molecular complexity index is 530. The fourth-order valence-electron chi connectivity index (χ4n) is 1.96. The van der Waals surface area contributed by atoms with Crippen LogP contribution in [0.2, 0.25) is 5.02 Å². The number of hydrogen-bond acceptors (Lipinski definition) is 4. The maximum Gasteiger partial charge on any atom is 0.494 e. The standard InChI is InChI=1S/C15H21BClNO3/c1-14(2)15(3,4)21-16(20-14)11-6-7-13(12(17)10-11)19-9-8-18-5/h6-8,10H,9H2,1-5H3. The summed E-state index contributed by atoms with van der Waals surface area (Å²) in [6.45, 7) is 8.49. The van der Waals surface area contributed by atoms with E-state index in [1.165, 1.54) is 0 Å². The summed E-state index contributed by atoms with van der Waals surface area (Å²) in [5.74, 6) is 0.622. The molecule has 114 valence electrons. The Morgan fingerprint density at radius 3 is 2.38 bits per heavy atom. The average Bonchev–Trinajstić information content (AvgIpc) is 2.60. The van der Waals surface area contributed by atoms with Gasteiger partial charge in [-0.1, -0.05) is 17.7 Å². The summed E-state index contributed by atoms with van der Waals surface area (Å²) in [7, 11) is 1.28. The lowest BCUT2D eigenvalue weighted by atomic mass is 9.79. The van der Waals surface area contributed by atoms with Gasteiger partial charge in [0.25, 0.3) is 0 Å². The molecule has 1 heterocycles. The summed E-state index contributed by atoms with van der Waals surface area (Å²) in [5, 5.41) is 0.534. The summed E-state index contributed by atoms with van der Waals surface area (Å²) >= 11 is 6.25. The Kier molecular flexibility index (Phi) is 4.66. The van der Waals surface area contributed by atoms with Crippen molar-refractivity contribution < 1.29 is 14.0 Å². The van der Waals surface area contributed by atoms with Crippen molar-refractivity contribution in [3.63, 3.8) is 0 Å². The Morgan fingerprint density at radius 1 is 1.24 bits per heavy atom. The summed E-state index contributed by atoms with van der Waals surface area (Å²) in [6, 6.07) is 5.56. The van der Waals surface area contributed by atoms with E-state index in [9.17, 15) is 0 Å². The normalized spacial score (nSPS) is 20.2. The molecule has 0 radical (unpaired) electrons. The van der Waals surface area contributed by atoms with Crippen molar-refractivity contribution in [2.75, 3.05) is 13.7 Å². The van der Waals surface area contributed by atoms with Crippen molar-refractivity contribution >= 4 is 30.4 Å². The van der Waals surface area contributed by atoms with E-state index in [2.05, 4.69) is 4.99 Å². The predicted octanol–water partition coefficient (Wildman–Crippen LogP) is 2.72. The van der Waals surface area contributed by atoms with E-state index in [0.717, 1.165) is 5.46 Å². The molecule has 21 heavy (non-hydrogen) atoms. The third-order valence-corrected chi connectivity index (χ3v) is 4.27. The highest BCUT2D eigenvalue weighted by molar-refractivity contribution is 6.62. The minimum absolute atomic E-state index is 0.364. The lowest BCUT2D eigenvalue weighted by molar-refractivity contribution is 0.00578. The van der Waals surface area contributed by atoms with Crippen molar-refractivity contribution in [2.24, 2.45) is 4.99 Å². The molecule has 0 aliphatic carbocycles. The minimum atomic E-state index is -0.418. The van der Waals surface area contributed by atoms with Gasteiger partial charge in [-0.25, -0.2) is 0 Å². The highest BCUT2D eigenvalue weighted by Crippen LogP contribution is 2.36. The molecule has 1 aliphatic heterocycles. The van der Waals surface area contributed by atoms with Crippen LogP contribution in [0.4, 0.5) is 0 Å². The molecule has 4 nitrogen and oxygen atoms in total. The van der Waals surface area contributed by atoms with Crippen LogP contribution >= 0.6 is 11.6 Å². The number of benzene rings is 1. The first-order valence-corrected chi connectivity index (χ1v) is 7.33. The van der Waals surface area contributed by atoms with Crippen molar-refractivity contribution in [1.29, 1.82) is 0 Å². The van der Waals surface area contributed by atoms with Crippen LogP contribution in [0.5, 0.6) is 5.75 Å². The third kappa shape index (κ3) is 3.42. The highest BCUT2D eigenvalue weighted by Gasteiger charge is 2.51. The zero-order valence-corrected chi connectivity index (χ0v) is 13.9. The summed E-state index contributed by atoms with van der Waals surface area (Å²) < 4.78 is 17.5. The van der Waals surface area contributed by atoms with E-state index in [1.807, 2.05) is 45.9 Å². The summed E-state index contributed by atoms with van der Waals surface area (Å²) in [6.07, 6.45) is 1.68. The fourth-order valence-corrected chi connectivity index (χ4v) is 2.21. The molecule has 0 atom stereocenters. The van der Waals surface area contributed by atoms with Gasteiger partial charge < -0.3 is 14.0 Å². The number of aliphatic imine (C=N–C) groups is 1. The first-order chi connectivity index (χ1) is 9.77. The van der Waals surface area contributed by atoms with Crippen LogP contribution in [0.1, 0.15) is 27.7 Å². The van der Waals surface area contributed by atoms with E-state index >= 15 is 0 Å². The Balaban J connectivity index is 2.14. The molecule has 0 N–H and O–H groups in total. The summed E-state index contributed by atoms with van der Waals surface area (Å²) in [4.78, 5) is 3.86. The van der Waals surface area contributed by atoms with Gasteiger partial charge in [0.2, 0.25) is 0 Å². The zero-order valence-electron chi connectivity index (χ0n) is 13.1. The van der Waals surface area contributed by atoms with Gasteiger partial charge in [-0.15, -0.1) is 0 Å². The second kappa shape index (κ2) is 5.99. The number of rotatable bonds is 4. The summed E-state index contributed by atoms with van der Waals surface area (Å²) in [5.41, 5.74) is 0.156. The smallest absolute Gasteiger partial charge is 0.486 e. The van der Waals surface area contributed by atoms with Gasteiger partial charge in [-0.2, -0.15) is 0 Å². The van der Waals surface area contributed by atoms with Crippen LogP contribution in [-0.4, -0.2) is 38.2 Å². The van der Waals surface area contributed by atoms with Crippen molar-refractivity contribution in [3.05, 3.63) is 23.2 Å². The van der Waals surface area contributed by atoms with Crippen LogP contribution in [-0.2, 0) is 9.31 Å². The van der Waals surface area contributed by atoms with Gasteiger partial charge >= 0.3 is 7.12 Å². The average molecular weight is 310 g/mol. The molecule has 6 heteroatoms. The van der Waals surface area contributed by atoms with Gasteiger partial charge in [0.15, 0.2) is 0 Å². The van der Waals surface area contributed by atoms with Crippen LogP contribution in [0.3, 0.4) is 0 Å². The Morgan fingerprint density at radius 2 is 1.86 bits per heavy atom. The molecule has 2 rings (SSSR count). The van der Waals surface area contributed by atoms with E-state index in [0.29, 0.717) is 17.4 Å². The first kappa shape index (κ1) is 16.3. The van der Waals surface area contributed by atoms with E-state index in [4.69, 9.17) is 25.6 Å². The van der Waals surface area contributed by atoms with Crippen molar-refractivity contribution in [3.8, 4) is 5.75 Å². The highest BCUT2D eigenvalue weighted by atomic mass is 35.5. The van der Waals surface area contributed by atoms with Crippen LogP contribution in [0.25, 0.3) is 0 Å². The molecule has 0 amide bonds. The zero-order chi connectivity index (χ0) is 15.7. The largest absolute Gasteiger partial charge is 0.494 e. The first-order valence-electron chi connectivity index (χ1n) is 6.95. The van der Waals surface area contributed by atoms with Crippen LogP contribution in [0, 0.1) is 0 Å². The third-order valence-electron chi connectivity index (χ3n) is 3.98. The number of hydrogen-bond donors (Lipinski definition) is 0. The van der Waals surface area contributed by atoms with Crippen LogP contribution < -0.4 is 10.2 Å². The minimum Gasteiger partial charge on any atom is -0.486 e. The van der Waals surface area contributed by atoms with E-state index < -0.39 is 7.12 Å². The molecule has 1 aromatic rings. The van der Waals surface area contributed by atoms with Crippen molar-refractivity contribution in [2.45, 2.75) is 38.9 Å². The van der Waals surface area contributed by atoms with Gasteiger partial charge in [-0.05, 0) is 45.3 Å². The predicted molar refractivity (Wildman–Crippen MR) is 87.1 cm³/mol. The topological polar surface area (TPSA) is 40.0 Å². The fraction of sp³-hybridized carbons (Fsp3) is 0.533. The van der Waals surface area contributed by atoms with Gasteiger partial charge in [-0.3, -0.25) is 4.99 Å². The number of nitrogens with zero attached hydrogens (tertiary/aromatic N) is 1. The Hall–Kier alpha value is -1.04. The Labute approximate surface area is 131 Å².